The summed E-state index contributed by atoms with van der Waals surface area (Å²) in [7, 11) is 0. The minimum atomic E-state index is -0.907. The van der Waals surface area contributed by atoms with Crippen molar-refractivity contribution in [2.75, 3.05) is 5.06 Å². The van der Waals surface area contributed by atoms with E-state index in [1.54, 1.807) is 31.0 Å². The Bertz CT molecular complexity index is 929. The van der Waals surface area contributed by atoms with Gasteiger partial charge in [-0.15, -0.1) is 0 Å². The minimum absolute atomic E-state index is 0.0388. The molecule has 0 unspecified atom stereocenters. The highest BCUT2D eigenvalue weighted by Gasteiger charge is 2.60. The maximum atomic E-state index is 13.1. The number of nitrogens with zero attached hydrogens (tertiary/aromatic N) is 3. The average Bonchev–Trinajstić information content (AvgIpc) is 3.19. The quantitative estimate of drug-likeness (QED) is 0.459. The number of anilines is 1. The predicted molar refractivity (Wildman–Crippen MR) is 100 cm³/mol. The molecule has 8 heteroatoms. The highest BCUT2D eigenvalue weighted by atomic mass is 16.7. The molecule has 3 atom stereocenters. The van der Waals surface area contributed by atoms with Gasteiger partial charge in [0.25, 0.3) is 11.6 Å². The number of benzene rings is 2. The molecule has 0 radical (unpaired) electrons. The first-order chi connectivity index (χ1) is 13.4. The number of fused-ring (bicyclic) bond motifs is 1. The molecule has 0 saturated carbocycles. The number of nitro benzene ring substituents is 1. The SMILES string of the molecule is CC(C)N1C(=O)[C@@H]2[C@H](ON(c3ccccc3)[C@H]2c2ccc([N+](=O)[O-])cc2)C1=O. The van der Waals surface area contributed by atoms with Crippen molar-refractivity contribution in [2.45, 2.75) is 32.0 Å². The Labute approximate surface area is 161 Å². The maximum Gasteiger partial charge on any atom is 0.269 e. The Morgan fingerprint density at radius 2 is 1.64 bits per heavy atom. The van der Waals surface area contributed by atoms with Crippen LogP contribution in [0.4, 0.5) is 11.4 Å². The van der Waals surface area contributed by atoms with Crippen LogP contribution >= 0.6 is 0 Å². The first-order valence-electron chi connectivity index (χ1n) is 9.02. The summed E-state index contributed by atoms with van der Waals surface area (Å²) in [5.41, 5.74) is 1.34. The van der Waals surface area contributed by atoms with Gasteiger partial charge in [0.15, 0.2) is 6.10 Å². The zero-order valence-electron chi connectivity index (χ0n) is 15.4. The number of non-ortho nitro benzene ring substituents is 1. The zero-order valence-corrected chi connectivity index (χ0v) is 15.4. The fraction of sp³-hybridized carbons (Fsp3) is 0.300. The van der Waals surface area contributed by atoms with Crippen LogP contribution < -0.4 is 5.06 Å². The second-order valence-electron chi connectivity index (χ2n) is 7.15. The molecule has 2 amide bonds. The molecule has 4 rings (SSSR count). The van der Waals surface area contributed by atoms with E-state index >= 15 is 0 Å². The standard InChI is InChI=1S/C20H19N3O5/c1-12(2)21-19(24)16-17(13-8-10-15(11-9-13)23(26)27)22(28-18(16)20(21)25)14-6-4-3-5-7-14/h3-12,16-18H,1-2H3/t16-,17-,18-/m0/s1. The lowest BCUT2D eigenvalue weighted by Crippen LogP contribution is -2.41. The normalized spacial score (nSPS) is 24.2. The van der Waals surface area contributed by atoms with Crippen LogP contribution in [0.5, 0.6) is 0 Å². The number of imide groups is 1. The van der Waals surface area contributed by atoms with E-state index in [1.165, 1.54) is 17.0 Å². The summed E-state index contributed by atoms with van der Waals surface area (Å²) in [6, 6.07) is 14.4. The zero-order chi connectivity index (χ0) is 20.0. The Kier molecular flexibility index (Phi) is 4.35. The topological polar surface area (TPSA) is 93.0 Å². The molecule has 2 fully saturated rings. The van der Waals surface area contributed by atoms with Crippen LogP contribution in [0, 0.1) is 16.0 Å². The lowest BCUT2D eigenvalue weighted by molar-refractivity contribution is -0.384. The van der Waals surface area contributed by atoms with Gasteiger partial charge in [-0.25, -0.2) is 5.06 Å². The third-order valence-corrected chi connectivity index (χ3v) is 5.12. The van der Waals surface area contributed by atoms with Gasteiger partial charge in [0.05, 0.1) is 16.7 Å². The van der Waals surface area contributed by atoms with Gasteiger partial charge in [-0.05, 0) is 31.5 Å². The van der Waals surface area contributed by atoms with Crippen LogP contribution in [0.2, 0.25) is 0 Å². The largest absolute Gasteiger partial charge is 0.277 e. The van der Waals surface area contributed by atoms with Gasteiger partial charge in [0.2, 0.25) is 5.91 Å². The third-order valence-electron chi connectivity index (χ3n) is 5.12. The minimum Gasteiger partial charge on any atom is -0.277 e. The summed E-state index contributed by atoms with van der Waals surface area (Å²) < 4.78 is 0. The van der Waals surface area contributed by atoms with Crippen LogP contribution in [-0.2, 0) is 14.4 Å². The van der Waals surface area contributed by atoms with Gasteiger partial charge >= 0.3 is 0 Å². The average molecular weight is 381 g/mol. The molecule has 2 aliphatic heterocycles. The molecular weight excluding hydrogens is 362 g/mol. The maximum absolute atomic E-state index is 13.1. The molecular formula is C20H19N3O5. The van der Waals surface area contributed by atoms with Gasteiger partial charge in [0, 0.05) is 18.2 Å². The molecule has 2 aromatic carbocycles. The molecule has 28 heavy (non-hydrogen) atoms. The van der Waals surface area contributed by atoms with Crippen LogP contribution in [0.25, 0.3) is 0 Å². The number of hydrogen-bond donors (Lipinski definition) is 0. The Morgan fingerprint density at radius 1 is 1.00 bits per heavy atom. The van der Waals surface area contributed by atoms with E-state index < -0.39 is 23.0 Å². The number of rotatable bonds is 4. The van der Waals surface area contributed by atoms with Crippen LogP contribution in [0.1, 0.15) is 25.5 Å². The molecule has 0 aliphatic carbocycles. The van der Waals surface area contributed by atoms with E-state index in [2.05, 4.69) is 0 Å². The monoisotopic (exact) mass is 381 g/mol. The Morgan fingerprint density at radius 3 is 2.21 bits per heavy atom. The number of hydrogen-bond acceptors (Lipinski definition) is 6. The van der Waals surface area contributed by atoms with Crippen LogP contribution in [0.3, 0.4) is 0 Å². The lowest BCUT2D eigenvalue weighted by atomic mass is 9.90. The first-order valence-corrected chi connectivity index (χ1v) is 9.02. The summed E-state index contributed by atoms with van der Waals surface area (Å²) >= 11 is 0. The fourth-order valence-corrected chi connectivity index (χ4v) is 3.88. The molecule has 2 saturated heterocycles. The number of nitro groups is 1. The summed E-state index contributed by atoms with van der Waals surface area (Å²) in [4.78, 5) is 43.6. The van der Waals surface area contributed by atoms with Crippen molar-refractivity contribution < 1.29 is 19.3 Å². The number of hydroxylamine groups is 1. The molecule has 2 heterocycles. The van der Waals surface area contributed by atoms with Crippen molar-refractivity contribution in [3.8, 4) is 0 Å². The summed E-state index contributed by atoms with van der Waals surface area (Å²) in [5, 5.41) is 12.6. The summed E-state index contributed by atoms with van der Waals surface area (Å²) in [6.45, 7) is 3.57. The Hall–Kier alpha value is -3.26. The summed E-state index contributed by atoms with van der Waals surface area (Å²) in [6.07, 6.45) is -0.907. The number of amides is 2. The summed E-state index contributed by atoms with van der Waals surface area (Å²) in [5.74, 6) is -1.35. The van der Waals surface area contributed by atoms with E-state index in [0.717, 1.165) is 0 Å². The number of carbonyl (C=O) groups is 2. The van der Waals surface area contributed by atoms with E-state index in [0.29, 0.717) is 11.3 Å². The van der Waals surface area contributed by atoms with E-state index in [1.807, 2.05) is 30.3 Å². The van der Waals surface area contributed by atoms with Crippen molar-refractivity contribution in [1.29, 1.82) is 0 Å². The number of likely N-dealkylation sites (tertiary alicyclic amines) is 1. The molecule has 0 spiro atoms. The van der Waals surface area contributed by atoms with Crippen molar-refractivity contribution in [3.05, 3.63) is 70.3 Å². The number of para-hydroxylation sites is 1. The third kappa shape index (κ3) is 2.73. The second kappa shape index (κ2) is 6.72. The van der Waals surface area contributed by atoms with E-state index in [4.69, 9.17) is 4.84 Å². The molecule has 8 nitrogen and oxygen atoms in total. The molecule has 0 N–H and O–H groups in total. The predicted octanol–water partition coefficient (Wildman–Crippen LogP) is 2.85. The van der Waals surface area contributed by atoms with Crippen molar-refractivity contribution in [1.82, 2.24) is 4.90 Å². The van der Waals surface area contributed by atoms with Crippen molar-refractivity contribution in [3.63, 3.8) is 0 Å². The second-order valence-corrected chi connectivity index (χ2v) is 7.15. The van der Waals surface area contributed by atoms with Gasteiger partial charge in [-0.3, -0.25) is 29.4 Å². The van der Waals surface area contributed by atoms with Crippen molar-refractivity contribution in [2.24, 2.45) is 5.92 Å². The van der Waals surface area contributed by atoms with Gasteiger partial charge in [-0.1, -0.05) is 30.3 Å². The highest BCUT2D eigenvalue weighted by Crippen LogP contribution is 2.47. The van der Waals surface area contributed by atoms with E-state index in [9.17, 15) is 19.7 Å². The van der Waals surface area contributed by atoms with Gasteiger partial charge in [0.1, 0.15) is 5.92 Å². The Balaban J connectivity index is 1.79. The molecule has 0 bridgehead atoms. The molecule has 2 aromatic rings. The van der Waals surface area contributed by atoms with Crippen LogP contribution in [0.15, 0.2) is 54.6 Å². The van der Waals surface area contributed by atoms with E-state index in [-0.39, 0.29) is 23.5 Å². The highest BCUT2D eigenvalue weighted by molar-refractivity contribution is 6.08. The van der Waals surface area contributed by atoms with Gasteiger partial charge < -0.3 is 0 Å². The molecule has 2 aliphatic rings. The number of carbonyl (C=O) groups excluding carboxylic acids is 2. The van der Waals surface area contributed by atoms with Crippen molar-refractivity contribution >= 4 is 23.2 Å². The smallest absolute Gasteiger partial charge is 0.269 e. The molecule has 144 valence electrons. The van der Waals surface area contributed by atoms with Gasteiger partial charge in [-0.2, -0.15) is 0 Å². The molecule has 0 aromatic heterocycles. The first kappa shape index (κ1) is 18.1. The van der Waals surface area contributed by atoms with Crippen LogP contribution in [-0.4, -0.2) is 33.8 Å². The fourth-order valence-electron chi connectivity index (χ4n) is 3.88. The lowest BCUT2D eigenvalue weighted by Gasteiger charge is -2.29.